The van der Waals surface area contributed by atoms with Crippen LogP contribution in [0, 0.1) is 6.92 Å². The smallest absolute Gasteiger partial charge is 0.0443 e. The number of aryl methyl sites for hydroxylation is 1. The Labute approximate surface area is 124 Å². The summed E-state index contributed by atoms with van der Waals surface area (Å²) in [5.41, 5.74) is 2.77. The molecule has 1 aromatic rings. The fourth-order valence-corrected chi connectivity index (χ4v) is 2.63. The molecule has 0 spiro atoms. The standard InChI is InChI=1S/C17H30N2O/c1-4-18-17(16-10-7-6-9-15(16)3)11-13-19(5-2)12-8-14-20/h6-7,9-10,17-18,20H,4-5,8,11-14H2,1-3H3. The van der Waals surface area contributed by atoms with E-state index in [2.05, 4.69) is 55.3 Å². The van der Waals surface area contributed by atoms with E-state index in [-0.39, 0.29) is 6.61 Å². The molecule has 0 radical (unpaired) electrons. The molecule has 1 rings (SSSR count). The van der Waals surface area contributed by atoms with Gasteiger partial charge in [0.2, 0.25) is 0 Å². The molecule has 0 aliphatic rings. The van der Waals surface area contributed by atoms with Crippen molar-refractivity contribution in [1.82, 2.24) is 10.2 Å². The minimum Gasteiger partial charge on any atom is -0.396 e. The van der Waals surface area contributed by atoms with Crippen molar-refractivity contribution in [3.63, 3.8) is 0 Å². The SMILES string of the molecule is CCNC(CCN(CC)CCCO)c1ccccc1C. The Morgan fingerprint density at radius 1 is 1.20 bits per heavy atom. The Balaban J connectivity index is 2.61. The maximum Gasteiger partial charge on any atom is 0.0443 e. The molecule has 0 fully saturated rings. The third-order valence-corrected chi connectivity index (χ3v) is 3.83. The van der Waals surface area contributed by atoms with Crippen LogP contribution in [0.2, 0.25) is 0 Å². The van der Waals surface area contributed by atoms with Crippen molar-refractivity contribution in [2.24, 2.45) is 0 Å². The number of aliphatic hydroxyl groups excluding tert-OH is 1. The molecular weight excluding hydrogens is 248 g/mol. The van der Waals surface area contributed by atoms with E-state index in [0.29, 0.717) is 6.04 Å². The number of rotatable bonds is 10. The second-order valence-electron chi connectivity index (χ2n) is 5.27. The van der Waals surface area contributed by atoms with E-state index in [1.165, 1.54) is 11.1 Å². The van der Waals surface area contributed by atoms with Crippen LogP contribution in [0.15, 0.2) is 24.3 Å². The summed E-state index contributed by atoms with van der Waals surface area (Å²) < 4.78 is 0. The maximum atomic E-state index is 8.95. The molecule has 0 aliphatic heterocycles. The number of nitrogens with zero attached hydrogens (tertiary/aromatic N) is 1. The van der Waals surface area contributed by atoms with Crippen LogP contribution in [0.25, 0.3) is 0 Å². The molecule has 0 saturated heterocycles. The number of hydrogen-bond acceptors (Lipinski definition) is 3. The number of benzene rings is 1. The van der Waals surface area contributed by atoms with E-state index >= 15 is 0 Å². The normalized spacial score (nSPS) is 12.8. The molecule has 2 N–H and O–H groups in total. The third-order valence-electron chi connectivity index (χ3n) is 3.83. The van der Waals surface area contributed by atoms with Crippen LogP contribution in [0.5, 0.6) is 0 Å². The highest BCUT2D eigenvalue weighted by atomic mass is 16.3. The van der Waals surface area contributed by atoms with Gasteiger partial charge >= 0.3 is 0 Å². The van der Waals surface area contributed by atoms with Crippen LogP contribution in [0.3, 0.4) is 0 Å². The molecule has 1 atom stereocenters. The predicted octanol–water partition coefficient (Wildman–Crippen LogP) is 2.74. The molecule has 0 heterocycles. The second kappa shape index (κ2) is 9.92. The van der Waals surface area contributed by atoms with Gasteiger partial charge in [0.25, 0.3) is 0 Å². The van der Waals surface area contributed by atoms with Crippen LogP contribution in [0.1, 0.15) is 43.9 Å². The summed E-state index contributed by atoms with van der Waals surface area (Å²) in [7, 11) is 0. The van der Waals surface area contributed by atoms with Gasteiger partial charge in [0, 0.05) is 19.2 Å². The first-order valence-corrected chi connectivity index (χ1v) is 7.85. The lowest BCUT2D eigenvalue weighted by Crippen LogP contribution is -2.31. The Morgan fingerprint density at radius 2 is 1.95 bits per heavy atom. The molecule has 3 heteroatoms. The van der Waals surface area contributed by atoms with Crippen molar-refractivity contribution in [1.29, 1.82) is 0 Å². The molecule has 0 bridgehead atoms. The first kappa shape index (κ1) is 17.2. The lowest BCUT2D eigenvalue weighted by Gasteiger charge is -2.25. The van der Waals surface area contributed by atoms with Crippen LogP contribution < -0.4 is 5.32 Å². The van der Waals surface area contributed by atoms with Gasteiger partial charge in [-0.1, -0.05) is 38.1 Å². The molecule has 0 aliphatic carbocycles. The maximum absolute atomic E-state index is 8.95. The third kappa shape index (κ3) is 5.61. The zero-order valence-corrected chi connectivity index (χ0v) is 13.2. The van der Waals surface area contributed by atoms with Gasteiger partial charge in [-0.2, -0.15) is 0 Å². The summed E-state index contributed by atoms with van der Waals surface area (Å²) in [5.74, 6) is 0. The fourth-order valence-electron chi connectivity index (χ4n) is 2.63. The Morgan fingerprint density at radius 3 is 2.55 bits per heavy atom. The van der Waals surface area contributed by atoms with Gasteiger partial charge in [0.1, 0.15) is 0 Å². The first-order chi connectivity index (χ1) is 9.72. The molecular formula is C17H30N2O. The van der Waals surface area contributed by atoms with E-state index in [9.17, 15) is 0 Å². The van der Waals surface area contributed by atoms with Gasteiger partial charge in [0.05, 0.1) is 0 Å². The van der Waals surface area contributed by atoms with Gasteiger partial charge in [-0.25, -0.2) is 0 Å². The molecule has 1 aromatic carbocycles. The van der Waals surface area contributed by atoms with E-state index in [1.54, 1.807) is 0 Å². The van der Waals surface area contributed by atoms with Crippen LogP contribution in [-0.4, -0.2) is 42.8 Å². The summed E-state index contributed by atoms with van der Waals surface area (Å²) in [5, 5.41) is 12.5. The van der Waals surface area contributed by atoms with E-state index < -0.39 is 0 Å². The number of aliphatic hydroxyl groups is 1. The highest BCUT2D eigenvalue weighted by molar-refractivity contribution is 5.28. The molecule has 1 unspecified atom stereocenters. The van der Waals surface area contributed by atoms with Crippen LogP contribution in [-0.2, 0) is 0 Å². The largest absolute Gasteiger partial charge is 0.396 e. The highest BCUT2D eigenvalue weighted by Gasteiger charge is 2.13. The topological polar surface area (TPSA) is 35.5 Å². The monoisotopic (exact) mass is 278 g/mol. The van der Waals surface area contributed by atoms with Crippen molar-refractivity contribution in [2.45, 2.75) is 39.7 Å². The van der Waals surface area contributed by atoms with Gasteiger partial charge in [-0.15, -0.1) is 0 Å². The van der Waals surface area contributed by atoms with E-state index in [4.69, 9.17) is 5.11 Å². The van der Waals surface area contributed by atoms with Crippen molar-refractivity contribution in [2.75, 3.05) is 32.8 Å². The summed E-state index contributed by atoms with van der Waals surface area (Å²) in [6.07, 6.45) is 1.97. The molecule has 0 aromatic heterocycles. The zero-order chi connectivity index (χ0) is 14.8. The molecule has 20 heavy (non-hydrogen) atoms. The van der Waals surface area contributed by atoms with Gasteiger partial charge in [-0.3, -0.25) is 0 Å². The van der Waals surface area contributed by atoms with Crippen molar-refractivity contribution < 1.29 is 5.11 Å². The molecule has 0 amide bonds. The van der Waals surface area contributed by atoms with E-state index in [0.717, 1.165) is 39.0 Å². The van der Waals surface area contributed by atoms with Crippen molar-refractivity contribution in [3.05, 3.63) is 35.4 Å². The van der Waals surface area contributed by atoms with Gasteiger partial charge in [0.15, 0.2) is 0 Å². The van der Waals surface area contributed by atoms with Crippen molar-refractivity contribution in [3.8, 4) is 0 Å². The Kier molecular flexibility index (Phi) is 8.51. The molecule has 3 nitrogen and oxygen atoms in total. The number of nitrogens with one attached hydrogen (secondary N) is 1. The average molecular weight is 278 g/mol. The van der Waals surface area contributed by atoms with Crippen LogP contribution in [0.4, 0.5) is 0 Å². The van der Waals surface area contributed by atoms with Crippen LogP contribution >= 0.6 is 0 Å². The molecule has 0 saturated carbocycles. The number of hydrogen-bond donors (Lipinski definition) is 2. The summed E-state index contributed by atoms with van der Waals surface area (Å²) >= 11 is 0. The predicted molar refractivity (Wildman–Crippen MR) is 86.0 cm³/mol. The summed E-state index contributed by atoms with van der Waals surface area (Å²) in [4.78, 5) is 2.42. The lowest BCUT2D eigenvalue weighted by atomic mass is 9.98. The zero-order valence-electron chi connectivity index (χ0n) is 13.2. The first-order valence-electron chi connectivity index (χ1n) is 7.85. The Hall–Kier alpha value is -0.900. The average Bonchev–Trinajstić information content (AvgIpc) is 2.47. The lowest BCUT2D eigenvalue weighted by molar-refractivity contribution is 0.223. The summed E-state index contributed by atoms with van der Waals surface area (Å²) in [6, 6.07) is 9.05. The minimum absolute atomic E-state index is 0.283. The van der Waals surface area contributed by atoms with E-state index in [1.807, 2.05) is 0 Å². The van der Waals surface area contributed by atoms with Crippen molar-refractivity contribution >= 4 is 0 Å². The second-order valence-corrected chi connectivity index (χ2v) is 5.27. The van der Waals surface area contributed by atoms with Gasteiger partial charge in [-0.05, 0) is 50.5 Å². The Bertz CT molecular complexity index is 368. The summed E-state index contributed by atoms with van der Waals surface area (Å²) in [6.45, 7) is 10.9. The fraction of sp³-hybridized carbons (Fsp3) is 0.647. The minimum atomic E-state index is 0.283. The molecule has 114 valence electrons. The van der Waals surface area contributed by atoms with Gasteiger partial charge < -0.3 is 15.3 Å². The highest BCUT2D eigenvalue weighted by Crippen LogP contribution is 2.20. The quantitative estimate of drug-likeness (QED) is 0.691.